The third kappa shape index (κ3) is 2.72. The summed E-state index contributed by atoms with van der Waals surface area (Å²) in [5.74, 6) is 0. The second-order valence-electron chi connectivity index (χ2n) is 5.65. The molecular weight excluding hydrogens is 294 g/mol. The maximum absolute atomic E-state index is 4.41. The van der Waals surface area contributed by atoms with Crippen molar-refractivity contribution in [2.75, 3.05) is 0 Å². The minimum absolute atomic E-state index is 0.00916. The molecule has 0 radical (unpaired) electrons. The van der Waals surface area contributed by atoms with E-state index in [0.29, 0.717) is 0 Å². The molecule has 1 heterocycles. The fraction of sp³-hybridized carbons (Fsp3) is 0.0476. The van der Waals surface area contributed by atoms with Crippen LogP contribution in [0.5, 0.6) is 0 Å². The van der Waals surface area contributed by atoms with Gasteiger partial charge in [-0.1, -0.05) is 96.2 Å². The Bertz CT molecular complexity index is 860. The van der Waals surface area contributed by atoms with Crippen molar-refractivity contribution < 1.29 is 0 Å². The maximum atomic E-state index is 4.41. The summed E-state index contributed by atoms with van der Waals surface area (Å²) >= 11 is 0. The first-order valence-electron chi connectivity index (χ1n) is 7.99. The van der Waals surface area contributed by atoms with E-state index in [2.05, 4.69) is 71.0 Å². The van der Waals surface area contributed by atoms with Crippen LogP contribution in [-0.2, 0) is 0 Å². The van der Waals surface area contributed by atoms with Crippen LogP contribution in [0.1, 0.15) is 17.2 Å². The first-order chi connectivity index (χ1) is 11.9. The molecule has 0 spiro atoms. The Labute approximate surface area is 141 Å². The summed E-state index contributed by atoms with van der Waals surface area (Å²) in [5, 5.41) is 8.60. The molecule has 0 atom stereocenters. The van der Waals surface area contributed by atoms with E-state index in [-0.39, 0.29) is 6.04 Å². The van der Waals surface area contributed by atoms with Crippen LogP contribution in [0.4, 0.5) is 0 Å². The molecular formula is C21H17N3. The van der Waals surface area contributed by atoms with Gasteiger partial charge < -0.3 is 0 Å². The number of hydrogen-bond acceptors (Lipinski definition) is 2. The quantitative estimate of drug-likeness (QED) is 0.552. The van der Waals surface area contributed by atoms with Crippen LogP contribution >= 0.6 is 0 Å². The SMILES string of the molecule is c1ccc(-c2cnnn2C(c2ccccc2)c2ccccc2)cc1. The van der Waals surface area contributed by atoms with Crippen molar-refractivity contribution in [3.8, 4) is 11.3 Å². The fourth-order valence-corrected chi connectivity index (χ4v) is 3.00. The van der Waals surface area contributed by atoms with E-state index >= 15 is 0 Å². The van der Waals surface area contributed by atoms with Crippen molar-refractivity contribution in [1.29, 1.82) is 0 Å². The molecule has 0 fully saturated rings. The van der Waals surface area contributed by atoms with Crippen LogP contribution in [0.25, 0.3) is 11.3 Å². The largest absolute Gasteiger partial charge is 0.233 e. The lowest BCUT2D eigenvalue weighted by Crippen LogP contribution is -2.15. The van der Waals surface area contributed by atoms with Gasteiger partial charge in [0.15, 0.2) is 0 Å². The van der Waals surface area contributed by atoms with E-state index in [1.54, 1.807) is 0 Å². The molecule has 3 nitrogen and oxygen atoms in total. The summed E-state index contributed by atoms with van der Waals surface area (Å²) in [6.07, 6.45) is 1.83. The fourth-order valence-electron chi connectivity index (χ4n) is 3.00. The summed E-state index contributed by atoms with van der Waals surface area (Å²) in [5.41, 5.74) is 4.49. The number of rotatable bonds is 4. The van der Waals surface area contributed by atoms with Crippen LogP contribution in [0.3, 0.4) is 0 Å². The summed E-state index contributed by atoms with van der Waals surface area (Å²) < 4.78 is 2.00. The topological polar surface area (TPSA) is 30.7 Å². The number of nitrogens with zero attached hydrogens (tertiary/aromatic N) is 3. The van der Waals surface area contributed by atoms with Crippen molar-refractivity contribution in [3.05, 3.63) is 108 Å². The van der Waals surface area contributed by atoms with Gasteiger partial charge in [-0.3, -0.25) is 0 Å². The molecule has 0 aliphatic carbocycles. The number of benzene rings is 3. The van der Waals surface area contributed by atoms with E-state index in [1.807, 2.05) is 41.2 Å². The Morgan fingerprint density at radius 3 is 1.67 bits per heavy atom. The van der Waals surface area contributed by atoms with Gasteiger partial charge in [-0.2, -0.15) is 0 Å². The molecule has 3 heteroatoms. The van der Waals surface area contributed by atoms with Gasteiger partial charge in [0.25, 0.3) is 0 Å². The molecule has 0 saturated carbocycles. The van der Waals surface area contributed by atoms with Gasteiger partial charge in [0.05, 0.1) is 11.9 Å². The molecule has 4 rings (SSSR count). The highest BCUT2D eigenvalue weighted by molar-refractivity contribution is 5.59. The Morgan fingerprint density at radius 2 is 1.12 bits per heavy atom. The van der Waals surface area contributed by atoms with Crippen LogP contribution in [0, 0.1) is 0 Å². The number of hydrogen-bond donors (Lipinski definition) is 0. The van der Waals surface area contributed by atoms with Crippen molar-refractivity contribution in [1.82, 2.24) is 15.0 Å². The number of aromatic nitrogens is 3. The third-order valence-corrected chi connectivity index (χ3v) is 4.12. The van der Waals surface area contributed by atoms with E-state index in [9.17, 15) is 0 Å². The second kappa shape index (κ2) is 6.50. The maximum Gasteiger partial charge on any atom is 0.104 e. The summed E-state index contributed by atoms with van der Waals surface area (Å²) in [6.45, 7) is 0. The Hall–Kier alpha value is -3.20. The smallest absolute Gasteiger partial charge is 0.104 e. The molecule has 0 saturated heterocycles. The van der Waals surface area contributed by atoms with Crippen LogP contribution in [0.2, 0.25) is 0 Å². The minimum atomic E-state index is -0.00916. The first-order valence-corrected chi connectivity index (χ1v) is 7.99. The molecule has 0 amide bonds. The molecule has 0 aliphatic rings. The Morgan fingerprint density at radius 1 is 0.625 bits per heavy atom. The van der Waals surface area contributed by atoms with Gasteiger partial charge in [-0.15, -0.1) is 5.10 Å². The highest BCUT2D eigenvalue weighted by atomic mass is 15.4. The second-order valence-corrected chi connectivity index (χ2v) is 5.65. The van der Waals surface area contributed by atoms with Gasteiger partial charge in [0, 0.05) is 5.56 Å². The lowest BCUT2D eigenvalue weighted by atomic mass is 9.98. The molecule has 0 bridgehead atoms. The van der Waals surface area contributed by atoms with Gasteiger partial charge in [0.1, 0.15) is 6.04 Å². The highest BCUT2D eigenvalue weighted by Gasteiger charge is 2.20. The van der Waals surface area contributed by atoms with Crippen molar-refractivity contribution in [3.63, 3.8) is 0 Å². The van der Waals surface area contributed by atoms with Crippen LogP contribution < -0.4 is 0 Å². The van der Waals surface area contributed by atoms with Crippen molar-refractivity contribution in [2.45, 2.75) is 6.04 Å². The standard InChI is InChI=1S/C21H17N3/c1-4-10-17(11-5-1)20-16-22-23-24(20)21(18-12-6-2-7-13-18)19-14-8-3-9-15-19/h1-16,21H. The summed E-state index contributed by atoms with van der Waals surface area (Å²) in [7, 11) is 0. The average Bonchev–Trinajstić information content (AvgIpc) is 3.14. The molecule has 0 aliphatic heterocycles. The Kier molecular flexibility index (Phi) is 3.90. The molecule has 4 aromatic rings. The van der Waals surface area contributed by atoms with Crippen molar-refractivity contribution >= 4 is 0 Å². The first kappa shape index (κ1) is 14.4. The summed E-state index contributed by atoms with van der Waals surface area (Å²) in [4.78, 5) is 0. The molecule has 1 aromatic heterocycles. The van der Waals surface area contributed by atoms with Gasteiger partial charge in [-0.05, 0) is 11.1 Å². The lowest BCUT2D eigenvalue weighted by molar-refractivity contribution is 0.576. The lowest BCUT2D eigenvalue weighted by Gasteiger charge is -2.20. The van der Waals surface area contributed by atoms with E-state index in [1.165, 1.54) is 11.1 Å². The highest BCUT2D eigenvalue weighted by Crippen LogP contribution is 2.30. The zero-order valence-electron chi connectivity index (χ0n) is 13.2. The van der Waals surface area contributed by atoms with Gasteiger partial charge >= 0.3 is 0 Å². The average molecular weight is 311 g/mol. The van der Waals surface area contributed by atoms with E-state index in [4.69, 9.17) is 0 Å². The van der Waals surface area contributed by atoms with Gasteiger partial charge in [0.2, 0.25) is 0 Å². The summed E-state index contributed by atoms with van der Waals surface area (Å²) in [6, 6.07) is 31.1. The molecule has 3 aromatic carbocycles. The molecule has 24 heavy (non-hydrogen) atoms. The molecule has 0 unspecified atom stereocenters. The normalized spacial score (nSPS) is 10.9. The monoisotopic (exact) mass is 311 g/mol. The predicted molar refractivity (Wildman–Crippen MR) is 95.6 cm³/mol. The third-order valence-electron chi connectivity index (χ3n) is 4.12. The molecule has 116 valence electrons. The van der Waals surface area contributed by atoms with E-state index in [0.717, 1.165) is 11.3 Å². The van der Waals surface area contributed by atoms with Crippen LogP contribution in [0.15, 0.2) is 97.2 Å². The Balaban J connectivity index is 1.89. The molecule has 0 N–H and O–H groups in total. The predicted octanol–water partition coefficient (Wildman–Crippen LogP) is 4.58. The van der Waals surface area contributed by atoms with E-state index < -0.39 is 0 Å². The zero-order chi connectivity index (χ0) is 16.2. The van der Waals surface area contributed by atoms with Crippen LogP contribution in [-0.4, -0.2) is 15.0 Å². The van der Waals surface area contributed by atoms with Crippen molar-refractivity contribution in [2.24, 2.45) is 0 Å². The zero-order valence-corrected chi connectivity index (χ0v) is 13.2. The minimum Gasteiger partial charge on any atom is -0.233 e. The van der Waals surface area contributed by atoms with Gasteiger partial charge in [-0.25, -0.2) is 4.68 Å².